The number of nitrogens with zero attached hydrogens (tertiary/aromatic N) is 1. The third-order valence-electron chi connectivity index (χ3n) is 5.43. The third kappa shape index (κ3) is 4.82. The van der Waals surface area contributed by atoms with E-state index in [4.69, 9.17) is 0 Å². The lowest BCUT2D eigenvalue weighted by Gasteiger charge is -2.47. The maximum absolute atomic E-state index is 3.83. The number of hydrogen-bond acceptors (Lipinski definition) is 2. The van der Waals surface area contributed by atoms with Gasteiger partial charge in [0.25, 0.3) is 0 Å². The number of allylic oxidation sites excluding steroid dienone is 1. The van der Waals surface area contributed by atoms with Gasteiger partial charge >= 0.3 is 0 Å². The van der Waals surface area contributed by atoms with Crippen molar-refractivity contribution in [1.82, 2.24) is 10.2 Å². The van der Waals surface area contributed by atoms with Crippen molar-refractivity contribution in [2.75, 3.05) is 19.6 Å². The molecule has 0 amide bonds. The van der Waals surface area contributed by atoms with E-state index in [2.05, 4.69) is 50.9 Å². The first-order valence-electron chi connectivity index (χ1n) is 9.31. The summed E-state index contributed by atoms with van der Waals surface area (Å²) in [6.45, 7) is 15.0. The van der Waals surface area contributed by atoms with Crippen LogP contribution in [-0.4, -0.2) is 36.1 Å². The highest BCUT2D eigenvalue weighted by atomic mass is 15.2. The molecule has 0 aliphatic heterocycles. The molecule has 2 heteroatoms. The minimum Gasteiger partial charge on any atom is -0.309 e. The van der Waals surface area contributed by atoms with Crippen LogP contribution in [0.15, 0.2) is 11.6 Å². The van der Waals surface area contributed by atoms with Crippen LogP contribution < -0.4 is 5.32 Å². The number of nitrogens with one attached hydrogen (secondary N) is 1. The Balaban J connectivity index is 3.05. The van der Waals surface area contributed by atoms with Crippen LogP contribution in [0, 0.1) is 0 Å². The van der Waals surface area contributed by atoms with Gasteiger partial charge in [-0.25, -0.2) is 0 Å². The molecule has 21 heavy (non-hydrogen) atoms. The molecule has 0 saturated heterocycles. The summed E-state index contributed by atoms with van der Waals surface area (Å²) in [6, 6.07) is 0.505. The molecule has 1 aliphatic rings. The van der Waals surface area contributed by atoms with E-state index in [-0.39, 0.29) is 5.54 Å². The molecule has 0 aromatic rings. The summed E-state index contributed by atoms with van der Waals surface area (Å²) >= 11 is 0. The fraction of sp³-hybridized carbons (Fsp3) is 0.895. The monoisotopic (exact) mass is 294 g/mol. The molecule has 0 heterocycles. The molecule has 0 aromatic heterocycles. The van der Waals surface area contributed by atoms with Gasteiger partial charge in [0, 0.05) is 11.6 Å². The minimum absolute atomic E-state index is 0.227. The summed E-state index contributed by atoms with van der Waals surface area (Å²) in [5.74, 6) is 0. The SMILES string of the molecule is CCNC(C1=CCCCCCC1)C(C)(CC)N(CC)CC. The summed E-state index contributed by atoms with van der Waals surface area (Å²) in [4.78, 5) is 2.65. The Bertz CT molecular complexity index is 307. The lowest BCUT2D eigenvalue weighted by molar-refractivity contribution is 0.0816. The number of hydrogen-bond donors (Lipinski definition) is 1. The van der Waals surface area contributed by atoms with Crippen LogP contribution in [0.1, 0.15) is 79.6 Å². The molecule has 124 valence electrons. The normalized spacial score (nSPS) is 21.3. The Morgan fingerprint density at radius 1 is 1.10 bits per heavy atom. The zero-order valence-corrected chi connectivity index (χ0v) is 15.2. The van der Waals surface area contributed by atoms with E-state index in [1.54, 1.807) is 5.57 Å². The van der Waals surface area contributed by atoms with Gasteiger partial charge in [-0.05, 0) is 58.7 Å². The van der Waals surface area contributed by atoms with E-state index < -0.39 is 0 Å². The van der Waals surface area contributed by atoms with Crippen molar-refractivity contribution >= 4 is 0 Å². The van der Waals surface area contributed by atoms with Crippen molar-refractivity contribution in [3.8, 4) is 0 Å². The zero-order valence-electron chi connectivity index (χ0n) is 15.2. The second kappa shape index (κ2) is 9.63. The zero-order chi connectivity index (χ0) is 15.7. The highest BCUT2D eigenvalue weighted by molar-refractivity contribution is 5.19. The van der Waals surface area contributed by atoms with E-state index in [9.17, 15) is 0 Å². The van der Waals surface area contributed by atoms with Crippen LogP contribution in [0.3, 0.4) is 0 Å². The lowest BCUT2D eigenvalue weighted by Crippen LogP contribution is -2.60. The molecular formula is C19H38N2. The third-order valence-corrected chi connectivity index (χ3v) is 5.43. The van der Waals surface area contributed by atoms with Crippen molar-refractivity contribution < 1.29 is 0 Å². The maximum Gasteiger partial charge on any atom is 0.0463 e. The Hall–Kier alpha value is -0.340. The first-order chi connectivity index (χ1) is 10.1. The second-order valence-electron chi connectivity index (χ2n) is 6.61. The van der Waals surface area contributed by atoms with Crippen molar-refractivity contribution in [2.45, 2.75) is 91.1 Å². The van der Waals surface area contributed by atoms with Gasteiger partial charge in [0.2, 0.25) is 0 Å². The molecule has 2 nitrogen and oxygen atoms in total. The van der Waals surface area contributed by atoms with Gasteiger partial charge in [-0.1, -0.05) is 52.2 Å². The number of likely N-dealkylation sites (N-methyl/N-ethyl adjacent to an activating group) is 2. The van der Waals surface area contributed by atoms with Gasteiger partial charge in [-0.15, -0.1) is 0 Å². The minimum atomic E-state index is 0.227. The van der Waals surface area contributed by atoms with Crippen molar-refractivity contribution in [2.24, 2.45) is 0 Å². The lowest BCUT2D eigenvalue weighted by atomic mass is 9.79. The van der Waals surface area contributed by atoms with Crippen molar-refractivity contribution in [3.05, 3.63) is 11.6 Å². The topological polar surface area (TPSA) is 15.3 Å². The molecule has 2 atom stereocenters. The summed E-state index contributed by atoms with van der Waals surface area (Å²) < 4.78 is 0. The Morgan fingerprint density at radius 2 is 1.76 bits per heavy atom. The number of rotatable bonds is 8. The average molecular weight is 295 g/mol. The first kappa shape index (κ1) is 18.7. The smallest absolute Gasteiger partial charge is 0.0463 e. The van der Waals surface area contributed by atoms with Crippen LogP contribution in [0.5, 0.6) is 0 Å². The molecular weight excluding hydrogens is 256 g/mol. The molecule has 1 aliphatic carbocycles. The van der Waals surface area contributed by atoms with Crippen LogP contribution in [0.2, 0.25) is 0 Å². The van der Waals surface area contributed by atoms with Gasteiger partial charge < -0.3 is 5.32 Å². The molecule has 1 N–H and O–H groups in total. The Kier molecular flexibility index (Phi) is 8.58. The predicted octanol–water partition coefficient (Wildman–Crippen LogP) is 4.76. The van der Waals surface area contributed by atoms with Crippen molar-refractivity contribution in [3.63, 3.8) is 0 Å². The quantitative estimate of drug-likeness (QED) is 0.650. The van der Waals surface area contributed by atoms with Crippen LogP contribution in [0.4, 0.5) is 0 Å². The summed E-state index contributed by atoms with van der Waals surface area (Å²) in [5, 5.41) is 3.83. The van der Waals surface area contributed by atoms with Crippen LogP contribution in [0.25, 0.3) is 0 Å². The van der Waals surface area contributed by atoms with Crippen LogP contribution >= 0.6 is 0 Å². The van der Waals surface area contributed by atoms with E-state index in [0.29, 0.717) is 6.04 Å². The van der Waals surface area contributed by atoms with Gasteiger partial charge in [0.1, 0.15) is 0 Å². The summed E-state index contributed by atoms with van der Waals surface area (Å²) in [5.41, 5.74) is 1.90. The largest absolute Gasteiger partial charge is 0.309 e. The highest BCUT2D eigenvalue weighted by Crippen LogP contribution is 2.31. The standard InChI is InChI=1S/C19H38N2/c1-6-19(5,21(8-3)9-4)18(20-7-2)17-15-13-11-10-12-14-16-17/h15,18,20H,6-14,16H2,1-5H3. The first-order valence-corrected chi connectivity index (χ1v) is 9.31. The van der Waals surface area contributed by atoms with E-state index >= 15 is 0 Å². The highest BCUT2D eigenvalue weighted by Gasteiger charge is 2.38. The van der Waals surface area contributed by atoms with Gasteiger partial charge in [0.15, 0.2) is 0 Å². The molecule has 2 unspecified atom stereocenters. The van der Waals surface area contributed by atoms with E-state index in [1.165, 1.54) is 44.9 Å². The fourth-order valence-electron chi connectivity index (χ4n) is 3.99. The molecule has 0 spiro atoms. The second-order valence-corrected chi connectivity index (χ2v) is 6.61. The Labute approximate surface area is 133 Å². The average Bonchev–Trinajstić information content (AvgIpc) is 2.46. The van der Waals surface area contributed by atoms with E-state index in [1.807, 2.05) is 0 Å². The van der Waals surface area contributed by atoms with Crippen molar-refractivity contribution in [1.29, 1.82) is 0 Å². The predicted molar refractivity (Wildman–Crippen MR) is 94.9 cm³/mol. The summed E-state index contributed by atoms with van der Waals surface area (Å²) in [7, 11) is 0. The maximum atomic E-state index is 3.83. The Morgan fingerprint density at radius 3 is 2.33 bits per heavy atom. The summed E-state index contributed by atoms with van der Waals surface area (Å²) in [6.07, 6.45) is 11.9. The fourth-order valence-corrected chi connectivity index (χ4v) is 3.99. The van der Waals surface area contributed by atoms with Crippen LogP contribution in [-0.2, 0) is 0 Å². The molecule has 0 fully saturated rings. The molecule has 0 bridgehead atoms. The molecule has 1 rings (SSSR count). The molecule has 0 aromatic carbocycles. The van der Waals surface area contributed by atoms with E-state index in [0.717, 1.165) is 19.6 Å². The molecule has 0 radical (unpaired) electrons. The molecule has 0 saturated carbocycles. The van der Waals surface area contributed by atoms with Gasteiger partial charge in [-0.3, -0.25) is 4.90 Å². The van der Waals surface area contributed by atoms with Gasteiger partial charge in [-0.2, -0.15) is 0 Å². The van der Waals surface area contributed by atoms with Gasteiger partial charge in [0.05, 0.1) is 0 Å².